The van der Waals surface area contributed by atoms with Gasteiger partial charge in [0.15, 0.2) is 0 Å². The van der Waals surface area contributed by atoms with Crippen molar-refractivity contribution in [2.24, 2.45) is 0 Å². The fourth-order valence-corrected chi connectivity index (χ4v) is 1.05. The van der Waals surface area contributed by atoms with Crippen LogP contribution < -0.4 is 5.73 Å². The number of hydrogen-bond acceptors (Lipinski definition) is 4. The van der Waals surface area contributed by atoms with Crippen LogP contribution in [0.25, 0.3) is 0 Å². The molecule has 0 aromatic carbocycles. The molecule has 0 saturated carbocycles. The first-order valence-corrected chi connectivity index (χ1v) is 4.24. The van der Waals surface area contributed by atoms with Gasteiger partial charge in [0.25, 0.3) is 0 Å². The largest absolute Gasteiger partial charge is 0.384 e. The highest BCUT2D eigenvalue weighted by atomic mass is 16.6. The van der Waals surface area contributed by atoms with Crippen LogP contribution in [0, 0.1) is 0 Å². The number of nitrogens with two attached hydrogens (primary N) is 1. The Bertz CT molecular complexity index is 269. The molecule has 0 spiro atoms. The molecule has 1 aromatic heterocycles. The summed E-state index contributed by atoms with van der Waals surface area (Å²) in [5.41, 5.74) is 6.49. The van der Waals surface area contributed by atoms with Crippen LogP contribution in [0.5, 0.6) is 0 Å². The maximum absolute atomic E-state index is 5.50. The summed E-state index contributed by atoms with van der Waals surface area (Å²) in [6.45, 7) is 2.01. The second kappa shape index (κ2) is 3.72. The Hall–Kier alpha value is -1.13. The number of hydrogen-bond donors (Lipinski definition) is 1. The summed E-state index contributed by atoms with van der Waals surface area (Å²) in [5, 5.41) is 0. The summed E-state index contributed by atoms with van der Waals surface area (Å²) in [7, 11) is 0. The van der Waals surface area contributed by atoms with Crippen molar-refractivity contribution in [3.05, 3.63) is 23.9 Å². The molecule has 4 nitrogen and oxygen atoms in total. The van der Waals surface area contributed by atoms with Crippen molar-refractivity contribution >= 4 is 5.82 Å². The molecule has 1 fully saturated rings. The zero-order chi connectivity index (χ0) is 9.10. The molecular weight excluding hydrogens is 168 g/mol. The average molecular weight is 180 g/mol. The van der Waals surface area contributed by atoms with Crippen LogP contribution in [0.15, 0.2) is 18.3 Å². The molecule has 0 aliphatic carbocycles. The quantitative estimate of drug-likeness (QED) is 0.739. The average Bonchev–Trinajstić information content (AvgIpc) is 2.05. The lowest BCUT2D eigenvalue weighted by Crippen LogP contribution is -2.35. The third-order valence-electron chi connectivity index (χ3n) is 1.94. The third-order valence-corrected chi connectivity index (χ3v) is 1.94. The first-order chi connectivity index (χ1) is 6.34. The van der Waals surface area contributed by atoms with E-state index < -0.39 is 0 Å². The molecule has 4 heteroatoms. The molecule has 1 aromatic rings. The number of aromatic nitrogens is 1. The topological polar surface area (TPSA) is 57.4 Å². The van der Waals surface area contributed by atoms with E-state index in [1.165, 1.54) is 0 Å². The molecule has 13 heavy (non-hydrogen) atoms. The fraction of sp³-hybridized carbons (Fsp3) is 0.444. The van der Waals surface area contributed by atoms with E-state index >= 15 is 0 Å². The molecule has 1 saturated heterocycles. The fourth-order valence-electron chi connectivity index (χ4n) is 1.05. The van der Waals surface area contributed by atoms with Gasteiger partial charge in [-0.15, -0.1) is 0 Å². The standard InChI is InChI=1S/C9H12N2O2/c10-9-2-1-7(3-11-9)4-13-8-5-12-6-8/h1-3,8H,4-6H2,(H2,10,11). The number of anilines is 1. The van der Waals surface area contributed by atoms with Crippen LogP contribution >= 0.6 is 0 Å². The molecule has 2 N–H and O–H groups in total. The normalized spacial score (nSPS) is 16.9. The molecular formula is C9H12N2O2. The van der Waals surface area contributed by atoms with E-state index in [0.29, 0.717) is 25.6 Å². The highest BCUT2D eigenvalue weighted by Crippen LogP contribution is 2.09. The summed E-state index contributed by atoms with van der Waals surface area (Å²) in [6.07, 6.45) is 1.99. The van der Waals surface area contributed by atoms with E-state index in [9.17, 15) is 0 Å². The van der Waals surface area contributed by atoms with E-state index in [-0.39, 0.29) is 6.10 Å². The molecule has 1 aliphatic rings. The zero-order valence-corrected chi connectivity index (χ0v) is 7.27. The first-order valence-electron chi connectivity index (χ1n) is 4.24. The van der Waals surface area contributed by atoms with E-state index in [1.54, 1.807) is 12.3 Å². The predicted octanol–water partition coefficient (Wildman–Crippen LogP) is 0.579. The second-order valence-electron chi connectivity index (χ2n) is 3.06. The van der Waals surface area contributed by atoms with Crippen molar-refractivity contribution in [3.8, 4) is 0 Å². The van der Waals surface area contributed by atoms with Crippen LogP contribution in [0.4, 0.5) is 5.82 Å². The first kappa shape index (κ1) is 8.47. The highest BCUT2D eigenvalue weighted by molar-refractivity contribution is 5.28. The molecule has 2 heterocycles. The van der Waals surface area contributed by atoms with Gasteiger partial charge in [-0.25, -0.2) is 4.98 Å². The molecule has 0 amide bonds. The van der Waals surface area contributed by atoms with Crippen molar-refractivity contribution < 1.29 is 9.47 Å². The van der Waals surface area contributed by atoms with Crippen molar-refractivity contribution in [1.82, 2.24) is 4.98 Å². The summed E-state index contributed by atoms with van der Waals surface area (Å²) >= 11 is 0. The Morgan fingerprint density at radius 3 is 2.92 bits per heavy atom. The van der Waals surface area contributed by atoms with Gasteiger partial charge in [-0.3, -0.25) is 0 Å². The minimum absolute atomic E-state index is 0.262. The zero-order valence-electron chi connectivity index (χ0n) is 7.27. The van der Waals surface area contributed by atoms with Gasteiger partial charge in [0.1, 0.15) is 11.9 Å². The summed E-state index contributed by atoms with van der Waals surface area (Å²) in [4.78, 5) is 3.97. The Morgan fingerprint density at radius 1 is 1.54 bits per heavy atom. The lowest BCUT2D eigenvalue weighted by atomic mass is 10.3. The van der Waals surface area contributed by atoms with Gasteiger partial charge in [-0.2, -0.15) is 0 Å². The summed E-state index contributed by atoms with van der Waals surface area (Å²) in [5.74, 6) is 0.538. The van der Waals surface area contributed by atoms with E-state index in [1.807, 2.05) is 6.07 Å². The van der Waals surface area contributed by atoms with E-state index in [0.717, 1.165) is 5.56 Å². The lowest BCUT2D eigenvalue weighted by Gasteiger charge is -2.25. The van der Waals surface area contributed by atoms with Gasteiger partial charge in [-0.1, -0.05) is 6.07 Å². The SMILES string of the molecule is Nc1ccc(COC2COC2)cn1. The summed E-state index contributed by atoms with van der Waals surface area (Å²) < 4.78 is 10.5. The van der Waals surface area contributed by atoms with Crippen molar-refractivity contribution in [3.63, 3.8) is 0 Å². The van der Waals surface area contributed by atoms with Gasteiger partial charge in [-0.05, 0) is 11.6 Å². The van der Waals surface area contributed by atoms with Crippen LogP contribution in [-0.2, 0) is 16.1 Å². The minimum atomic E-state index is 0.262. The van der Waals surface area contributed by atoms with E-state index in [4.69, 9.17) is 15.2 Å². The molecule has 0 unspecified atom stereocenters. The Labute approximate surface area is 76.7 Å². The number of nitrogen functional groups attached to an aromatic ring is 1. The van der Waals surface area contributed by atoms with Crippen LogP contribution in [0.1, 0.15) is 5.56 Å². The second-order valence-corrected chi connectivity index (χ2v) is 3.06. The summed E-state index contributed by atoms with van der Waals surface area (Å²) in [6, 6.07) is 3.69. The predicted molar refractivity (Wildman–Crippen MR) is 48.0 cm³/mol. The van der Waals surface area contributed by atoms with Crippen molar-refractivity contribution in [1.29, 1.82) is 0 Å². The molecule has 0 bridgehead atoms. The monoisotopic (exact) mass is 180 g/mol. The van der Waals surface area contributed by atoms with Gasteiger partial charge >= 0.3 is 0 Å². The van der Waals surface area contributed by atoms with Gasteiger partial charge in [0, 0.05) is 6.20 Å². The van der Waals surface area contributed by atoms with E-state index in [2.05, 4.69) is 4.98 Å². The highest BCUT2D eigenvalue weighted by Gasteiger charge is 2.18. The molecule has 0 atom stereocenters. The van der Waals surface area contributed by atoms with Crippen molar-refractivity contribution in [2.45, 2.75) is 12.7 Å². The number of pyridine rings is 1. The molecule has 1 aliphatic heterocycles. The number of rotatable bonds is 3. The lowest BCUT2D eigenvalue weighted by molar-refractivity contribution is -0.135. The molecule has 70 valence electrons. The Kier molecular flexibility index (Phi) is 2.42. The van der Waals surface area contributed by atoms with Gasteiger partial charge < -0.3 is 15.2 Å². The molecule has 2 rings (SSSR count). The van der Waals surface area contributed by atoms with Crippen LogP contribution in [0.2, 0.25) is 0 Å². The maximum Gasteiger partial charge on any atom is 0.123 e. The third kappa shape index (κ3) is 2.17. The minimum Gasteiger partial charge on any atom is -0.384 e. The van der Waals surface area contributed by atoms with Gasteiger partial charge in [0.05, 0.1) is 19.8 Å². The molecule has 0 radical (unpaired) electrons. The van der Waals surface area contributed by atoms with Crippen molar-refractivity contribution in [2.75, 3.05) is 18.9 Å². The van der Waals surface area contributed by atoms with Crippen LogP contribution in [0.3, 0.4) is 0 Å². The smallest absolute Gasteiger partial charge is 0.123 e. The number of nitrogens with zero attached hydrogens (tertiary/aromatic N) is 1. The maximum atomic E-state index is 5.50. The number of ether oxygens (including phenoxy) is 2. The van der Waals surface area contributed by atoms with Crippen LogP contribution in [-0.4, -0.2) is 24.3 Å². The Morgan fingerprint density at radius 2 is 2.38 bits per heavy atom. The van der Waals surface area contributed by atoms with Gasteiger partial charge in [0.2, 0.25) is 0 Å². The Balaban J connectivity index is 1.83.